The minimum absolute atomic E-state index is 0.0379. The highest BCUT2D eigenvalue weighted by Crippen LogP contribution is 2.31. The van der Waals surface area contributed by atoms with Gasteiger partial charge in [0.15, 0.2) is 6.61 Å². The molecule has 2 aromatic rings. The van der Waals surface area contributed by atoms with Crippen LogP contribution in [-0.4, -0.2) is 25.0 Å². The van der Waals surface area contributed by atoms with E-state index in [-0.39, 0.29) is 43.0 Å². The maximum absolute atomic E-state index is 13.0. The maximum Gasteiger partial charge on any atom is 0.265 e. The van der Waals surface area contributed by atoms with Crippen LogP contribution in [0.3, 0.4) is 0 Å². The van der Waals surface area contributed by atoms with E-state index in [0.29, 0.717) is 17.0 Å². The number of fused-ring (bicyclic) bond motifs is 1. The first-order valence-corrected chi connectivity index (χ1v) is 8.15. The highest BCUT2D eigenvalue weighted by molar-refractivity contribution is 6.31. The molecule has 1 aliphatic heterocycles. The van der Waals surface area contributed by atoms with Gasteiger partial charge in [-0.1, -0.05) is 29.8 Å². The molecule has 2 aromatic carbocycles. The Morgan fingerprint density at radius 2 is 2.08 bits per heavy atom. The third-order valence-electron chi connectivity index (χ3n) is 3.86. The van der Waals surface area contributed by atoms with Crippen molar-refractivity contribution in [1.82, 2.24) is 5.32 Å². The van der Waals surface area contributed by atoms with Crippen molar-refractivity contribution < 1.29 is 18.7 Å². The lowest BCUT2D eigenvalue weighted by molar-refractivity contribution is -0.122. The summed E-state index contributed by atoms with van der Waals surface area (Å²) >= 11 is 5.93. The molecular weight excluding hydrogens is 347 g/mol. The number of rotatable bonds is 5. The molecule has 1 aliphatic rings. The molecule has 130 valence electrons. The van der Waals surface area contributed by atoms with Crippen molar-refractivity contribution in [3.63, 3.8) is 0 Å². The van der Waals surface area contributed by atoms with Gasteiger partial charge in [-0.3, -0.25) is 9.59 Å². The average Bonchev–Trinajstić information content (AvgIpc) is 2.60. The Hall–Kier alpha value is -2.60. The third kappa shape index (κ3) is 4.09. The van der Waals surface area contributed by atoms with Crippen LogP contribution in [0.15, 0.2) is 42.5 Å². The van der Waals surface area contributed by atoms with Crippen molar-refractivity contribution in [1.29, 1.82) is 0 Å². The highest BCUT2D eigenvalue weighted by Gasteiger charge is 2.25. The zero-order chi connectivity index (χ0) is 17.8. The molecule has 1 heterocycles. The zero-order valence-corrected chi connectivity index (χ0v) is 14.1. The molecule has 0 spiro atoms. The molecule has 0 fully saturated rings. The Bertz CT molecular complexity index is 813. The Morgan fingerprint density at radius 1 is 1.28 bits per heavy atom. The van der Waals surface area contributed by atoms with Gasteiger partial charge in [-0.05, 0) is 29.8 Å². The topological polar surface area (TPSA) is 58.6 Å². The van der Waals surface area contributed by atoms with Gasteiger partial charge in [0.05, 0.1) is 5.69 Å². The number of para-hydroxylation sites is 2. The molecule has 0 aliphatic carbocycles. The van der Waals surface area contributed by atoms with Crippen molar-refractivity contribution in [3.8, 4) is 5.75 Å². The van der Waals surface area contributed by atoms with Gasteiger partial charge in [-0.2, -0.15) is 0 Å². The summed E-state index contributed by atoms with van der Waals surface area (Å²) in [4.78, 5) is 25.6. The molecule has 0 atom stereocenters. The van der Waals surface area contributed by atoms with Crippen LogP contribution in [0.4, 0.5) is 10.1 Å². The second kappa shape index (κ2) is 7.53. The van der Waals surface area contributed by atoms with Gasteiger partial charge in [-0.25, -0.2) is 4.39 Å². The van der Waals surface area contributed by atoms with Crippen molar-refractivity contribution in [3.05, 3.63) is 58.9 Å². The number of hydrogen-bond donors (Lipinski definition) is 1. The van der Waals surface area contributed by atoms with Crippen LogP contribution in [0.2, 0.25) is 5.02 Å². The van der Waals surface area contributed by atoms with Gasteiger partial charge in [0.1, 0.15) is 11.6 Å². The van der Waals surface area contributed by atoms with E-state index < -0.39 is 5.82 Å². The van der Waals surface area contributed by atoms with Gasteiger partial charge in [-0.15, -0.1) is 0 Å². The Balaban J connectivity index is 1.56. The molecule has 7 heteroatoms. The monoisotopic (exact) mass is 362 g/mol. The fraction of sp³-hybridized carbons (Fsp3) is 0.222. The zero-order valence-electron chi connectivity index (χ0n) is 13.3. The number of carbonyl (C=O) groups is 2. The Morgan fingerprint density at radius 3 is 2.88 bits per heavy atom. The van der Waals surface area contributed by atoms with E-state index in [9.17, 15) is 14.0 Å². The summed E-state index contributed by atoms with van der Waals surface area (Å²) in [6.45, 7) is 0.414. The molecule has 5 nitrogen and oxygen atoms in total. The quantitative estimate of drug-likeness (QED) is 0.889. The van der Waals surface area contributed by atoms with Crippen molar-refractivity contribution >= 4 is 29.1 Å². The second-order valence-corrected chi connectivity index (χ2v) is 5.97. The Labute approximate surface area is 149 Å². The van der Waals surface area contributed by atoms with Crippen LogP contribution < -0.4 is 15.0 Å². The van der Waals surface area contributed by atoms with E-state index in [1.54, 1.807) is 17.0 Å². The molecule has 0 unspecified atom stereocenters. The fourth-order valence-corrected chi connectivity index (χ4v) is 2.79. The van der Waals surface area contributed by atoms with E-state index >= 15 is 0 Å². The van der Waals surface area contributed by atoms with Crippen LogP contribution in [0.1, 0.15) is 12.0 Å². The predicted molar refractivity (Wildman–Crippen MR) is 92.2 cm³/mol. The first-order chi connectivity index (χ1) is 12.0. The number of halogens is 2. The number of carbonyl (C=O) groups excluding carboxylic acids is 2. The molecule has 0 radical (unpaired) electrons. The smallest absolute Gasteiger partial charge is 0.265 e. The molecule has 0 aromatic heterocycles. The van der Waals surface area contributed by atoms with Crippen LogP contribution >= 0.6 is 11.6 Å². The predicted octanol–water partition coefficient (Wildman–Crippen LogP) is 2.91. The lowest BCUT2D eigenvalue weighted by Gasteiger charge is -2.29. The van der Waals surface area contributed by atoms with E-state index in [1.807, 2.05) is 12.1 Å². The van der Waals surface area contributed by atoms with Gasteiger partial charge in [0.25, 0.3) is 5.91 Å². The van der Waals surface area contributed by atoms with Gasteiger partial charge in [0.2, 0.25) is 5.91 Å². The third-order valence-corrected chi connectivity index (χ3v) is 4.21. The van der Waals surface area contributed by atoms with Crippen molar-refractivity contribution in [2.24, 2.45) is 0 Å². The van der Waals surface area contributed by atoms with Gasteiger partial charge >= 0.3 is 0 Å². The molecule has 25 heavy (non-hydrogen) atoms. The first kappa shape index (κ1) is 17.2. The number of hydrogen-bond acceptors (Lipinski definition) is 3. The van der Waals surface area contributed by atoms with Gasteiger partial charge in [0, 0.05) is 24.5 Å². The molecular formula is C18H16ClFN2O3. The minimum Gasteiger partial charge on any atom is -0.482 e. The number of anilines is 1. The minimum atomic E-state index is -0.426. The molecule has 0 saturated heterocycles. The summed E-state index contributed by atoms with van der Waals surface area (Å²) in [7, 11) is 0. The lowest BCUT2D eigenvalue weighted by Crippen LogP contribution is -2.41. The average molecular weight is 363 g/mol. The molecule has 2 amide bonds. The fourth-order valence-electron chi connectivity index (χ4n) is 2.56. The number of nitrogens with zero attached hydrogens (tertiary/aromatic N) is 1. The molecule has 0 bridgehead atoms. The second-order valence-electron chi connectivity index (χ2n) is 5.56. The summed E-state index contributed by atoms with van der Waals surface area (Å²) in [5.74, 6) is -0.213. The Kier molecular flexibility index (Phi) is 5.19. The number of benzene rings is 2. The van der Waals surface area contributed by atoms with E-state index in [4.69, 9.17) is 16.3 Å². The van der Waals surface area contributed by atoms with Gasteiger partial charge < -0.3 is 15.0 Å². The first-order valence-electron chi connectivity index (χ1n) is 7.77. The van der Waals surface area contributed by atoms with Crippen LogP contribution in [0, 0.1) is 5.82 Å². The normalized spacial score (nSPS) is 13.2. The standard InChI is InChI=1S/C18H16ClFN2O3/c19-14-9-13(20)6-5-12(14)10-21-17(23)7-8-22-15-3-1-2-4-16(15)25-11-18(22)24/h1-6,9H,7-8,10-11H2,(H,21,23). The summed E-state index contributed by atoms with van der Waals surface area (Å²) in [6.07, 6.45) is 0.138. The molecule has 0 saturated carbocycles. The number of amides is 2. The highest BCUT2D eigenvalue weighted by atomic mass is 35.5. The summed E-state index contributed by atoms with van der Waals surface area (Å²) in [5.41, 5.74) is 1.29. The number of nitrogens with one attached hydrogen (secondary N) is 1. The summed E-state index contributed by atoms with van der Waals surface area (Å²) < 4.78 is 18.4. The lowest BCUT2D eigenvalue weighted by atomic mass is 10.2. The number of ether oxygens (including phenoxy) is 1. The van der Waals surface area contributed by atoms with Crippen LogP contribution in [0.25, 0.3) is 0 Å². The summed E-state index contributed by atoms with van der Waals surface area (Å²) in [6, 6.07) is 11.2. The van der Waals surface area contributed by atoms with Crippen LogP contribution in [-0.2, 0) is 16.1 Å². The summed E-state index contributed by atoms with van der Waals surface area (Å²) in [5, 5.41) is 2.98. The largest absolute Gasteiger partial charge is 0.482 e. The van der Waals surface area contributed by atoms with Crippen molar-refractivity contribution in [2.45, 2.75) is 13.0 Å². The molecule has 3 rings (SSSR count). The van der Waals surface area contributed by atoms with Crippen LogP contribution in [0.5, 0.6) is 5.75 Å². The maximum atomic E-state index is 13.0. The van der Waals surface area contributed by atoms with E-state index in [0.717, 1.165) is 0 Å². The van der Waals surface area contributed by atoms with E-state index in [1.165, 1.54) is 18.2 Å². The molecule has 1 N–H and O–H groups in total. The van der Waals surface area contributed by atoms with Crippen molar-refractivity contribution in [2.75, 3.05) is 18.1 Å². The SMILES string of the molecule is O=C(CCN1C(=O)COc2ccccc21)NCc1ccc(F)cc1Cl. The van der Waals surface area contributed by atoms with E-state index in [2.05, 4.69) is 5.32 Å².